The topological polar surface area (TPSA) is 77.0 Å². The van der Waals surface area contributed by atoms with Gasteiger partial charge >= 0.3 is 0 Å². The lowest BCUT2D eigenvalue weighted by Crippen LogP contribution is -1.86. The minimum atomic E-state index is -0.0642. The van der Waals surface area contributed by atoms with Gasteiger partial charge in [-0.25, -0.2) is 0 Å². The van der Waals surface area contributed by atoms with Crippen LogP contribution in [0.5, 0.6) is 11.5 Å². The minimum Gasteiger partial charge on any atom is -0.507 e. The molecule has 2 aromatic rings. The number of nitriles is 2. The number of hydrogen-bond donors (Lipinski definition) is 1. The lowest BCUT2D eigenvalue weighted by molar-refractivity contribution is 0.415. The van der Waals surface area contributed by atoms with Crippen molar-refractivity contribution in [2.24, 2.45) is 0 Å². The van der Waals surface area contributed by atoms with Gasteiger partial charge in [-0.1, -0.05) is 12.1 Å². The van der Waals surface area contributed by atoms with Gasteiger partial charge in [-0.15, -0.1) is 0 Å². The van der Waals surface area contributed by atoms with Crippen LogP contribution in [0.25, 0.3) is 16.8 Å². The van der Waals surface area contributed by atoms with Crippen LogP contribution in [0.3, 0.4) is 0 Å². The Morgan fingerprint density at radius 2 is 1.89 bits per heavy atom. The van der Waals surface area contributed by atoms with E-state index in [1.165, 1.54) is 12.1 Å². The highest BCUT2D eigenvalue weighted by molar-refractivity contribution is 5.95. The van der Waals surface area contributed by atoms with Gasteiger partial charge in [0.25, 0.3) is 0 Å². The molecule has 0 amide bonds. The fourth-order valence-corrected chi connectivity index (χ4v) is 1.82. The quantitative estimate of drug-likeness (QED) is 0.831. The van der Waals surface area contributed by atoms with Crippen LogP contribution >= 0.6 is 0 Å². The van der Waals surface area contributed by atoms with E-state index in [0.29, 0.717) is 11.3 Å². The average molecular weight is 250 g/mol. The summed E-state index contributed by atoms with van der Waals surface area (Å²) in [6.45, 7) is 0. The van der Waals surface area contributed by atoms with Gasteiger partial charge in [0.2, 0.25) is 0 Å². The third-order valence-electron chi connectivity index (χ3n) is 2.78. The van der Waals surface area contributed by atoms with E-state index < -0.39 is 0 Å². The van der Waals surface area contributed by atoms with Crippen LogP contribution in [0, 0.1) is 22.7 Å². The van der Waals surface area contributed by atoms with Crippen molar-refractivity contribution < 1.29 is 9.84 Å². The van der Waals surface area contributed by atoms with Crippen molar-refractivity contribution in [1.82, 2.24) is 0 Å². The standard InChI is InChI=1S/C15H10N2O2/c1-19-12-4-2-11-3-5-15(18)14(13(11)7-12)6-10(8-16)9-17/h2-7,18H,1H3. The van der Waals surface area contributed by atoms with Gasteiger partial charge in [0.15, 0.2) is 0 Å². The molecule has 4 heteroatoms. The maximum absolute atomic E-state index is 9.91. The molecule has 0 atom stereocenters. The summed E-state index contributed by atoms with van der Waals surface area (Å²) in [5.41, 5.74) is 0.375. The Bertz CT molecular complexity index is 733. The van der Waals surface area contributed by atoms with Crippen molar-refractivity contribution in [1.29, 1.82) is 10.5 Å². The summed E-state index contributed by atoms with van der Waals surface area (Å²) in [6.07, 6.45) is 1.37. The molecular formula is C15H10N2O2. The molecule has 0 saturated carbocycles. The zero-order chi connectivity index (χ0) is 13.8. The minimum absolute atomic E-state index is 0.0174. The molecule has 0 aliphatic heterocycles. The van der Waals surface area contributed by atoms with Crippen molar-refractivity contribution >= 4 is 16.8 Å². The van der Waals surface area contributed by atoms with Crippen molar-refractivity contribution in [2.75, 3.05) is 7.11 Å². The molecule has 0 aromatic heterocycles. The number of nitrogens with zero attached hydrogens (tertiary/aromatic N) is 2. The molecule has 0 bridgehead atoms. The Hall–Kier alpha value is -2.98. The lowest BCUT2D eigenvalue weighted by Gasteiger charge is -2.07. The van der Waals surface area contributed by atoms with E-state index in [9.17, 15) is 5.11 Å². The summed E-state index contributed by atoms with van der Waals surface area (Å²) in [5.74, 6) is 0.659. The molecule has 2 aromatic carbocycles. The molecule has 0 aliphatic carbocycles. The summed E-state index contributed by atoms with van der Waals surface area (Å²) >= 11 is 0. The lowest BCUT2D eigenvalue weighted by atomic mass is 10.0. The smallest absolute Gasteiger partial charge is 0.130 e. The third kappa shape index (κ3) is 2.34. The van der Waals surface area contributed by atoms with Crippen molar-refractivity contribution in [3.63, 3.8) is 0 Å². The van der Waals surface area contributed by atoms with Crippen LogP contribution < -0.4 is 4.74 Å². The average Bonchev–Trinajstić information content (AvgIpc) is 2.46. The summed E-state index contributed by atoms with van der Waals surface area (Å²) in [4.78, 5) is 0. The van der Waals surface area contributed by atoms with Gasteiger partial charge in [0.1, 0.15) is 29.2 Å². The molecule has 0 fully saturated rings. The Morgan fingerprint density at radius 3 is 2.53 bits per heavy atom. The SMILES string of the molecule is COc1ccc2ccc(O)c(C=C(C#N)C#N)c2c1. The molecule has 92 valence electrons. The second-order valence-electron chi connectivity index (χ2n) is 3.87. The number of ether oxygens (including phenoxy) is 1. The number of methoxy groups -OCH3 is 1. The number of rotatable bonds is 2. The molecule has 0 spiro atoms. The zero-order valence-electron chi connectivity index (χ0n) is 10.2. The fourth-order valence-electron chi connectivity index (χ4n) is 1.82. The Morgan fingerprint density at radius 1 is 1.21 bits per heavy atom. The van der Waals surface area contributed by atoms with Gasteiger partial charge in [-0.05, 0) is 35.0 Å². The Kier molecular flexibility index (Phi) is 3.36. The van der Waals surface area contributed by atoms with Gasteiger partial charge in [0.05, 0.1) is 7.11 Å². The van der Waals surface area contributed by atoms with Crippen LogP contribution in [0.4, 0.5) is 0 Å². The van der Waals surface area contributed by atoms with Gasteiger partial charge in [0, 0.05) is 5.56 Å². The highest BCUT2D eigenvalue weighted by atomic mass is 16.5. The first-order valence-electron chi connectivity index (χ1n) is 5.51. The van der Waals surface area contributed by atoms with Crippen molar-refractivity contribution in [3.05, 3.63) is 41.5 Å². The van der Waals surface area contributed by atoms with E-state index in [4.69, 9.17) is 15.3 Å². The van der Waals surface area contributed by atoms with Crippen molar-refractivity contribution in [2.45, 2.75) is 0 Å². The van der Waals surface area contributed by atoms with E-state index in [1.807, 2.05) is 12.1 Å². The molecule has 0 saturated heterocycles. The predicted molar refractivity (Wildman–Crippen MR) is 71.4 cm³/mol. The summed E-state index contributed by atoms with van der Waals surface area (Å²) in [5, 5.41) is 29.1. The second kappa shape index (κ2) is 5.12. The third-order valence-corrected chi connectivity index (χ3v) is 2.78. The maximum atomic E-state index is 9.91. The number of hydrogen-bond acceptors (Lipinski definition) is 4. The van der Waals surface area contributed by atoms with Crippen LogP contribution in [0.1, 0.15) is 5.56 Å². The largest absolute Gasteiger partial charge is 0.507 e. The zero-order valence-corrected chi connectivity index (χ0v) is 10.2. The first-order valence-corrected chi connectivity index (χ1v) is 5.51. The second-order valence-corrected chi connectivity index (χ2v) is 3.87. The molecule has 19 heavy (non-hydrogen) atoms. The van der Waals surface area contributed by atoms with E-state index >= 15 is 0 Å². The number of benzene rings is 2. The van der Waals surface area contributed by atoms with Crippen LogP contribution in [0.15, 0.2) is 35.9 Å². The maximum Gasteiger partial charge on any atom is 0.130 e. The molecule has 2 rings (SSSR count). The highest BCUT2D eigenvalue weighted by Crippen LogP contribution is 2.31. The van der Waals surface area contributed by atoms with Crippen LogP contribution in [-0.2, 0) is 0 Å². The van der Waals surface area contributed by atoms with Gasteiger partial charge in [-0.3, -0.25) is 0 Å². The number of phenols is 1. The van der Waals surface area contributed by atoms with Crippen molar-refractivity contribution in [3.8, 4) is 23.6 Å². The first-order chi connectivity index (χ1) is 9.19. The monoisotopic (exact) mass is 250 g/mol. The molecule has 0 aliphatic rings. The van der Waals surface area contributed by atoms with E-state index in [1.54, 1.807) is 31.4 Å². The summed E-state index contributed by atoms with van der Waals surface area (Å²) in [7, 11) is 1.55. The molecular weight excluding hydrogens is 240 g/mol. The van der Waals surface area contributed by atoms with E-state index in [2.05, 4.69) is 0 Å². The number of phenolic OH excluding ortho intramolecular Hbond substituents is 1. The molecule has 4 nitrogen and oxygen atoms in total. The number of fused-ring (bicyclic) bond motifs is 1. The molecule has 0 radical (unpaired) electrons. The van der Waals surface area contributed by atoms with E-state index in [-0.39, 0.29) is 11.3 Å². The Balaban J connectivity index is 2.78. The number of allylic oxidation sites excluding steroid dienone is 1. The first kappa shape index (κ1) is 12.5. The highest BCUT2D eigenvalue weighted by Gasteiger charge is 2.07. The molecule has 1 N–H and O–H groups in total. The van der Waals surface area contributed by atoms with Gasteiger partial charge < -0.3 is 9.84 Å². The van der Waals surface area contributed by atoms with E-state index in [0.717, 1.165) is 10.8 Å². The fraction of sp³-hybridized carbons (Fsp3) is 0.0667. The normalized spacial score (nSPS) is 9.42. The van der Waals surface area contributed by atoms with Gasteiger partial charge in [-0.2, -0.15) is 10.5 Å². The molecule has 0 heterocycles. The Labute approximate surface area is 110 Å². The molecule has 0 unspecified atom stereocenters. The predicted octanol–water partition coefficient (Wildman–Crippen LogP) is 2.98. The summed E-state index contributed by atoms with van der Waals surface area (Å²) < 4.78 is 5.14. The number of aromatic hydroxyl groups is 1. The van der Waals surface area contributed by atoms with Crippen LogP contribution in [0.2, 0.25) is 0 Å². The van der Waals surface area contributed by atoms with Crippen LogP contribution in [-0.4, -0.2) is 12.2 Å². The summed E-state index contributed by atoms with van der Waals surface area (Å²) in [6, 6.07) is 12.3.